The molecule has 1 aliphatic heterocycles. The summed E-state index contributed by atoms with van der Waals surface area (Å²) in [6, 6.07) is 0. The lowest BCUT2D eigenvalue weighted by atomic mass is 10.1. The molecule has 3 atom stereocenters. The topological polar surface area (TPSA) is 46.6 Å². The minimum absolute atomic E-state index is 0.187. The lowest BCUT2D eigenvalue weighted by molar-refractivity contribution is -0.109. The van der Waals surface area contributed by atoms with Crippen molar-refractivity contribution in [3.63, 3.8) is 0 Å². The van der Waals surface area contributed by atoms with Crippen molar-refractivity contribution in [2.75, 3.05) is 13.1 Å². The first kappa shape index (κ1) is 11.4. The van der Waals surface area contributed by atoms with Gasteiger partial charge in [0.25, 0.3) is 0 Å². The van der Waals surface area contributed by atoms with Crippen LogP contribution in [-0.4, -0.2) is 36.0 Å². The van der Waals surface area contributed by atoms with Gasteiger partial charge in [-0.05, 0) is 39.0 Å². The van der Waals surface area contributed by atoms with E-state index in [-0.39, 0.29) is 12.0 Å². The molecule has 4 nitrogen and oxygen atoms in total. The Kier molecular flexibility index (Phi) is 2.68. The van der Waals surface area contributed by atoms with E-state index in [1.54, 1.807) is 4.90 Å². The van der Waals surface area contributed by atoms with Crippen LogP contribution in [0, 0.1) is 17.8 Å². The summed E-state index contributed by atoms with van der Waals surface area (Å²) >= 11 is 0. The summed E-state index contributed by atoms with van der Waals surface area (Å²) in [5.74, 6) is 1.10. The predicted molar refractivity (Wildman–Crippen MR) is 59.0 cm³/mol. The van der Waals surface area contributed by atoms with Gasteiger partial charge in [-0.15, -0.1) is 0 Å². The molecule has 0 bridgehead atoms. The molecule has 1 aliphatic carbocycles. The molecule has 1 heterocycles. The fraction of sp³-hybridized carbons (Fsp3) is 0.833. The van der Waals surface area contributed by atoms with Crippen molar-refractivity contribution < 1.29 is 14.3 Å². The number of hydrogen-bond acceptors (Lipinski definition) is 3. The van der Waals surface area contributed by atoms with Gasteiger partial charge < -0.3 is 14.4 Å². The molecule has 4 heteroatoms. The first-order valence-electron chi connectivity index (χ1n) is 5.85. The molecule has 1 saturated heterocycles. The first-order valence-corrected chi connectivity index (χ1v) is 5.85. The Balaban J connectivity index is 1.88. The van der Waals surface area contributed by atoms with E-state index in [2.05, 4.69) is 0 Å². The molecule has 2 fully saturated rings. The number of ether oxygens (including phenoxy) is 1. The molecule has 0 N–H and O–H groups in total. The van der Waals surface area contributed by atoms with Gasteiger partial charge in [-0.1, -0.05) is 0 Å². The molecule has 0 spiro atoms. The molecule has 0 radical (unpaired) electrons. The van der Waals surface area contributed by atoms with Gasteiger partial charge >= 0.3 is 6.09 Å². The normalized spacial score (nSPS) is 32.9. The van der Waals surface area contributed by atoms with Gasteiger partial charge in [0.05, 0.1) is 0 Å². The summed E-state index contributed by atoms with van der Waals surface area (Å²) in [5.41, 5.74) is -0.443. The number of piperidine rings is 1. The first-order chi connectivity index (χ1) is 7.42. The minimum Gasteiger partial charge on any atom is -0.444 e. The number of rotatable bonds is 1. The third-order valence-corrected chi connectivity index (χ3v) is 3.37. The Labute approximate surface area is 95.9 Å². The molecule has 90 valence electrons. The van der Waals surface area contributed by atoms with Crippen LogP contribution in [-0.2, 0) is 9.53 Å². The molecular formula is C12H19NO3. The molecule has 1 amide bonds. The van der Waals surface area contributed by atoms with Gasteiger partial charge in [0.15, 0.2) is 0 Å². The van der Waals surface area contributed by atoms with Gasteiger partial charge in [-0.3, -0.25) is 0 Å². The van der Waals surface area contributed by atoms with Crippen LogP contribution >= 0.6 is 0 Å². The second-order valence-corrected chi connectivity index (χ2v) is 5.76. The van der Waals surface area contributed by atoms with Crippen LogP contribution in [0.3, 0.4) is 0 Å². The second-order valence-electron chi connectivity index (χ2n) is 5.76. The van der Waals surface area contributed by atoms with Crippen LogP contribution < -0.4 is 0 Å². The number of hydrogen-bond donors (Lipinski definition) is 0. The van der Waals surface area contributed by atoms with Crippen molar-refractivity contribution in [3.05, 3.63) is 0 Å². The average Bonchev–Trinajstić information content (AvgIpc) is 2.86. The van der Waals surface area contributed by atoms with Gasteiger partial charge in [-0.25, -0.2) is 4.79 Å². The summed E-state index contributed by atoms with van der Waals surface area (Å²) in [4.78, 5) is 24.2. The van der Waals surface area contributed by atoms with Crippen LogP contribution in [0.2, 0.25) is 0 Å². The molecule has 0 aromatic heterocycles. The van der Waals surface area contributed by atoms with E-state index >= 15 is 0 Å². The van der Waals surface area contributed by atoms with Gasteiger partial charge in [0.1, 0.15) is 11.9 Å². The molecule has 0 aromatic carbocycles. The van der Waals surface area contributed by atoms with E-state index < -0.39 is 5.60 Å². The lowest BCUT2D eigenvalue weighted by Crippen LogP contribution is -2.40. The highest BCUT2D eigenvalue weighted by Crippen LogP contribution is 2.50. The molecular weight excluding hydrogens is 206 g/mol. The maximum Gasteiger partial charge on any atom is 0.410 e. The zero-order chi connectivity index (χ0) is 11.9. The van der Waals surface area contributed by atoms with E-state index in [0.717, 1.165) is 19.3 Å². The smallest absolute Gasteiger partial charge is 0.410 e. The van der Waals surface area contributed by atoms with E-state index in [1.165, 1.54) is 0 Å². The Morgan fingerprint density at radius 2 is 2.06 bits per heavy atom. The Morgan fingerprint density at radius 3 is 2.62 bits per heavy atom. The fourth-order valence-corrected chi connectivity index (χ4v) is 2.48. The van der Waals surface area contributed by atoms with Gasteiger partial charge in [0, 0.05) is 19.0 Å². The average molecular weight is 225 g/mol. The van der Waals surface area contributed by atoms with E-state index in [9.17, 15) is 9.59 Å². The van der Waals surface area contributed by atoms with E-state index in [1.807, 2.05) is 20.8 Å². The largest absolute Gasteiger partial charge is 0.444 e. The number of carbonyl (C=O) groups is 2. The lowest BCUT2D eigenvalue weighted by Gasteiger charge is -2.29. The number of aldehydes is 1. The third-order valence-electron chi connectivity index (χ3n) is 3.37. The van der Waals surface area contributed by atoms with Crippen LogP contribution in [0.1, 0.15) is 27.2 Å². The van der Waals surface area contributed by atoms with Crippen molar-refractivity contribution in [1.29, 1.82) is 0 Å². The number of amides is 1. The number of fused-ring (bicyclic) bond motifs is 1. The molecule has 0 aromatic rings. The van der Waals surface area contributed by atoms with Crippen molar-refractivity contribution in [3.8, 4) is 0 Å². The van der Waals surface area contributed by atoms with E-state index in [4.69, 9.17) is 4.74 Å². The maximum atomic E-state index is 11.8. The monoisotopic (exact) mass is 225 g/mol. The Hall–Kier alpha value is -1.06. The van der Waals surface area contributed by atoms with Crippen LogP contribution in [0.5, 0.6) is 0 Å². The molecule has 3 unspecified atom stereocenters. The van der Waals surface area contributed by atoms with Crippen molar-refractivity contribution in [1.82, 2.24) is 4.90 Å². The zero-order valence-corrected chi connectivity index (χ0v) is 10.1. The standard InChI is InChI=1S/C12H19NO3/c1-12(2,3)16-11(15)13-5-4-8-9(6-13)10(8)7-14/h7-10H,4-6H2,1-3H3. The van der Waals surface area contributed by atoms with Crippen molar-refractivity contribution in [2.24, 2.45) is 17.8 Å². The SMILES string of the molecule is CC(C)(C)OC(=O)N1CCC2C(C=O)C2C1. The van der Waals surface area contributed by atoms with Gasteiger partial charge in [0.2, 0.25) is 0 Å². The minimum atomic E-state index is -0.443. The highest BCUT2D eigenvalue weighted by molar-refractivity contribution is 5.69. The summed E-state index contributed by atoms with van der Waals surface area (Å²) in [7, 11) is 0. The fourth-order valence-electron chi connectivity index (χ4n) is 2.48. The zero-order valence-electron chi connectivity index (χ0n) is 10.1. The highest BCUT2D eigenvalue weighted by atomic mass is 16.6. The van der Waals surface area contributed by atoms with Crippen LogP contribution in [0.4, 0.5) is 4.79 Å². The quantitative estimate of drug-likeness (QED) is 0.638. The van der Waals surface area contributed by atoms with E-state index in [0.29, 0.717) is 18.4 Å². The summed E-state index contributed by atoms with van der Waals surface area (Å²) in [5, 5.41) is 0. The molecule has 2 rings (SSSR count). The Bertz CT molecular complexity index is 308. The predicted octanol–water partition coefficient (Wildman–Crippen LogP) is 1.69. The van der Waals surface area contributed by atoms with Crippen molar-refractivity contribution in [2.45, 2.75) is 32.8 Å². The summed E-state index contributed by atoms with van der Waals surface area (Å²) < 4.78 is 5.31. The van der Waals surface area contributed by atoms with Crippen LogP contribution in [0.15, 0.2) is 0 Å². The maximum absolute atomic E-state index is 11.8. The van der Waals surface area contributed by atoms with Crippen LogP contribution in [0.25, 0.3) is 0 Å². The molecule has 1 saturated carbocycles. The molecule has 16 heavy (non-hydrogen) atoms. The number of nitrogens with zero attached hydrogens (tertiary/aromatic N) is 1. The van der Waals surface area contributed by atoms with Gasteiger partial charge in [-0.2, -0.15) is 0 Å². The number of likely N-dealkylation sites (tertiary alicyclic amines) is 1. The third kappa shape index (κ3) is 2.20. The Morgan fingerprint density at radius 1 is 1.38 bits per heavy atom. The molecule has 2 aliphatic rings. The summed E-state index contributed by atoms with van der Waals surface area (Å²) in [6.45, 7) is 7.00. The highest BCUT2D eigenvalue weighted by Gasteiger charge is 2.53. The van der Waals surface area contributed by atoms with Crippen molar-refractivity contribution >= 4 is 12.4 Å². The number of carbonyl (C=O) groups excluding carboxylic acids is 2. The summed E-state index contributed by atoms with van der Waals surface area (Å²) in [6.07, 6.45) is 1.73. The second kappa shape index (κ2) is 3.75.